The Morgan fingerprint density at radius 3 is 2.94 bits per heavy atom. The molecule has 2 fully saturated rings. The van der Waals surface area contributed by atoms with Crippen LogP contribution < -0.4 is 15.0 Å². The highest BCUT2D eigenvalue weighted by Crippen LogP contribution is 2.36. The third-order valence-electron chi connectivity index (χ3n) is 5.61. The molecule has 0 spiro atoms. The molecular weight excluding hydrogens is 432 g/mol. The molecule has 32 heavy (non-hydrogen) atoms. The van der Waals surface area contributed by atoms with E-state index in [0.29, 0.717) is 25.4 Å². The van der Waals surface area contributed by atoms with Gasteiger partial charge in [0, 0.05) is 30.7 Å². The summed E-state index contributed by atoms with van der Waals surface area (Å²) < 4.78 is 19.6. The van der Waals surface area contributed by atoms with Crippen molar-refractivity contribution < 1.29 is 19.0 Å². The summed E-state index contributed by atoms with van der Waals surface area (Å²) in [6.07, 6.45) is -0.186. The van der Waals surface area contributed by atoms with Crippen LogP contribution in [0.1, 0.15) is 10.9 Å². The van der Waals surface area contributed by atoms with E-state index in [1.54, 1.807) is 16.0 Å². The molecule has 2 aromatic heterocycles. The minimum atomic E-state index is -0.277. The first-order chi connectivity index (χ1) is 15.6. The number of nitrogens with one attached hydrogen (secondary N) is 1. The summed E-state index contributed by atoms with van der Waals surface area (Å²) in [6, 6.07) is 11.4. The van der Waals surface area contributed by atoms with Gasteiger partial charge in [-0.3, -0.25) is 4.79 Å². The molecule has 168 valence electrons. The average molecular weight is 457 g/mol. The Labute approximate surface area is 189 Å². The molecule has 1 amide bonds. The molecule has 3 aromatic rings. The van der Waals surface area contributed by atoms with Crippen molar-refractivity contribution in [2.75, 3.05) is 32.2 Å². The SMILES string of the molecule is CN(C)c1cccc(Oc2nnnn2C2COC3C(NC(=O)Cc4cccs4)COC32)c1. The second kappa shape index (κ2) is 8.85. The summed E-state index contributed by atoms with van der Waals surface area (Å²) in [5.74, 6) is 0.592. The number of carbonyl (C=O) groups is 1. The van der Waals surface area contributed by atoms with Crippen LogP contribution in [0.4, 0.5) is 5.69 Å². The van der Waals surface area contributed by atoms with E-state index in [2.05, 4.69) is 20.8 Å². The highest BCUT2D eigenvalue weighted by atomic mass is 32.1. The number of benzene rings is 1. The van der Waals surface area contributed by atoms with E-state index in [9.17, 15) is 4.79 Å². The van der Waals surface area contributed by atoms with Crippen LogP contribution in [0.5, 0.6) is 11.8 Å². The molecule has 0 aliphatic carbocycles. The second-order valence-electron chi connectivity index (χ2n) is 7.99. The number of anilines is 1. The van der Waals surface area contributed by atoms with Gasteiger partial charge < -0.3 is 24.4 Å². The quantitative estimate of drug-likeness (QED) is 0.573. The van der Waals surface area contributed by atoms with Gasteiger partial charge in [-0.25, -0.2) is 0 Å². The van der Waals surface area contributed by atoms with Crippen LogP contribution in [-0.4, -0.2) is 71.7 Å². The maximum Gasteiger partial charge on any atom is 0.341 e. The first-order valence-corrected chi connectivity index (χ1v) is 11.2. The van der Waals surface area contributed by atoms with Gasteiger partial charge >= 0.3 is 6.01 Å². The van der Waals surface area contributed by atoms with E-state index in [-0.39, 0.29) is 36.2 Å². The molecule has 1 aromatic carbocycles. The Morgan fingerprint density at radius 2 is 2.12 bits per heavy atom. The lowest BCUT2D eigenvalue weighted by atomic mass is 10.1. The molecule has 0 radical (unpaired) electrons. The van der Waals surface area contributed by atoms with E-state index in [0.717, 1.165) is 10.6 Å². The van der Waals surface area contributed by atoms with E-state index >= 15 is 0 Å². The van der Waals surface area contributed by atoms with Gasteiger partial charge in [-0.05, 0) is 34.0 Å². The molecule has 0 bridgehead atoms. The number of rotatable bonds is 7. The summed E-state index contributed by atoms with van der Waals surface area (Å²) in [6.45, 7) is 0.747. The largest absolute Gasteiger partial charge is 0.423 e. The van der Waals surface area contributed by atoms with Gasteiger partial charge in [-0.2, -0.15) is 4.68 Å². The Hall–Kier alpha value is -3.02. The van der Waals surface area contributed by atoms with Crippen molar-refractivity contribution in [3.05, 3.63) is 46.7 Å². The van der Waals surface area contributed by atoms with Crippen molar-refractivity contribution in [1.29, 1.82) is 0 Å². The zero-order valence-electron chi connectivity index (χ0n) is 17.7. The number of fused-ring (bicyclic) bond motifs is 1. The number of nitrogens with zero attached hydrogens (tertiary/aromatic N) is 5. The molecule has 10 nitrogen and oxygen atoms in total. The standard InChI is InChI=1S/C21H24N6O4S/c1-26(2)13-5-3-6-14(9-13)31-21-23-24-25-27(21)17-12-30-19-16(11-29-20(17)19)22-18(28)10-15-7-4-8-32-15/h3-9,16-17,19-20H,10-12H2,1-2H3,(H,22,28). The fraction of sp³-hybridized carbons (Fsp3) is 0.429. The van der Waals surface area contributed by atoms with Crippen LogP contribution in [0.2, 0.25) is 0 Å². The first-order valence-electron chi connectivity index (χ1n) is 10.4. The number of tetrazole rings is 1. The number of carbonyl (C=O) groups excluding carboxylic acids is 1. The lowest BCUT2D eigenvalue weighted by molar-refractivity contribution is -0.121. The molecule has 2 aliphatic rings. The van der Waals surface area contributed by atoms with Crippen molar-refractivity contribution in [2.45, 2.75) is 30.7 Å². The number of ether oxygens (including phenoxy) is 3. The molecule has 0 saturated carbocycles. The summed E-state index contributed by atoms with van der Waals surface area (Å²) in [7, 11) is 3.93. The lowest BCUT2D eigenvalue weighted by Gasteiger charge is -2.18. The minimum Gasteiger partial charge on any atom is -0.423 e. The van der Waals surface area contributed by atoms with Gasteiger partial charge in [0.1, 0.15) is 24.0 Å². The van der Waals surface area contributed by atoms with Crippen molar-refractivity contribution in [3.8, 4) is 11.8 Å². The Balaban J connectivity index is 1.25. The van der Waals surface area contributed by atoms with E-state index in [1.165, 1.54) is 0 Å². The number of hydrogen-bond donors (Lipinski definition) is 1. The van der Waals surface area contributed by atoms with Gasteiger partial charge in [-0.1, -0.05) is 17.2 Å². The topological polar surface area (TPSA) is 104 Å². The Bertz CT molecular complexity index is 1070. The maximum atomic E-state index is 12.4. The van der Waals surface area contributed by atoms with E-state index in [1.807, 2.05) is 60.8 Å². The molecule has 2 aliphatic heterocycles. The van der Waals surface area contributed by atoms with Crippen LogP contribution in [0.15, 0.2) is 41.8 Å². The fourth-order valence-electron chi connectivity index (χ4n) is 4.03. The molecule has 5 rings (SSSR count). The third-order valence-corrected chi connectivity index (χ3v) is 6.48. The highest BCUT2D eigenvalue weighted by molar-refractivity contribution is 7.10. The summed E-state index contributed by atoms with van der Waals surface area (Å²) in [4.78, 5) is 15.4. The van der Waals surface area contributed by atoms with Crippen LogP contribution in [0, 0.1) is 0 Å². The summed E-state index contributed by atoms with van der Waals surface area (Å²) in [5, 5.41) is 17.0. The molecule has 4 atom stereocenters. The maximum absolute atomic E-state index is 12.4. The molecule has 4 unspecified atom stereocenters. The zero-order valence-corrected chi connectivity index (χ0v) is 18.6. The van der Waals surface area contributed by atoms with Crippen LogP contribution >= 0.6 is 11.3 Å². The van der Waals surface area contributed by atoms with Gasteiger partial charge in [-0.15, -0.1) is 11.3 Å². The van der Waals surface area contributed by atoms with Crippen LogP contribution in [0.25, 0.3) is 0 Å². The van der Waals surface area contributed by atoms with Gasteiger partial charge in [0.25, 0.3) is 0 Å². The van der Waals surface area contributed by atoms with Gasteiger partial charge in [0.15, 0.2) is 0 Å². The molecule has 2 saturated heterocycles. The minimum absolute atomic E-state index is 0.0408. The molecule has 1 N–H and O–H groups in total. The molecule has 4 heterocycles. The number of thiophene rings is 1. The predicted octanol–water partition coefficient (Wildman–Crippen LogP) is 1.66. The van der Waals surface area contributed by atoms with Crippen molar-refractivity contribution in [2.24, 2.45) is 0 Å². The zero-order chi connectivity index (χ0) is 22.1. The second-order valence-corrected chi connectivity index (χ2v) is 9.03. The fourth-order valence-corrected chi connectivity index (χ4v) is 4.74. The van der Waals surface area contributed by atoms with Crippen LogP contribution in [-0.2, 0) is 20.7 Å². The van der Waals surface area contributed by atoms with Crippen molar-refractivity contribution in [3.63, 3.8) is 0 Å². The van der Waals surface area contributed by atoms with Crippen molar-refractivity contribution >= 4 is 22.9 Å². The van der Waals surface area contributed by atoms with E-state index in [4.69, 9.17) is 14.2 Å². The monoisotopic (exact) mass is 456 g/mol. The molecule has 11 heteroatoms. The van der Waals surface area contributed by atoms with Gasteiger partial charge in [0.2, 0.25) is 5.91 Å². The van der Waals surface area contributed by atoms with Gasteiger partial charge in [0.05, 0.1) is 25.7 Å². The third kappa shape index (κ3) is 4.18. The summed E-state index contributed by atoms with van der Waals surface area (Å²) in [5.41, 5.74) is 1.01. The number of amides is 1. The molecular formula is C21H24N6O4S. The lowest BCUT2D eigenvalue weighted by Crippen LogP contribution is -2.44. The smallest absolute Gasteiger partial charge is 0.341 e. The highest BCUT2D eigenvalue weighted by Gasteiger charge is 2.50. The average Bonchev–Trinajstić information content (AvgIpc) is 3.55. The first kappa shape index (κ1) is 20.9. The summed E-state index contributed by atoms with van der Waals surface area (Å²) >= 11 is 1.57. The normalized spacial score (nSPS) is 24.3. The Kier molecular flexibility index (Phi) is 5.77. The predicted molar refractivity (Wildman–Crippen MR) is 117 cm³/mol. The van der Waals surface area contributed by atoms with Crippen molar-refractivity contribution in [1.82, 2.24) is 25.5 Å². The number of aromatic nitrogens is 4. The van der Waals surface area contributed by atoms with E-state index < -0.39 is 0 Å². The van der Waals surface area contributed by atoms with Crippen LogP contribution in [0.3, 0.4) is 0 Å². The Morgan fingerprint density at radius 1 is 1.25 bits per heavy atom. The number of hydrogen-bond acceptors (Lipinski definition) is 9.